The molecule has 2 N–H and O–H groups in total. The number of carbonyl (C=O) groups excluding carboxylic acids is 3. The summed E-state index contributed by atoms with van der Waals surface area (Å²) in [4.78, 5) is 42.4. The van der Waals surface area contributed by atoms with Gasteiger partial charge in [-0.2, -0.15) is 0 Å². The number of nitrogens with zero attached hydrogens (tertiary/aromatic N) is 1. The van der Waals surface area contributed by atoms with Crippen molar-refractivity contribution in [1.82, 2.24) is 10.2 Å². The summed E-state index contributed by atoms with van der Waals surface area (Å²) >= 11 is 3.65. The molecule has 1 spiro atoms. The summed E-state index contributed by atoms with van der Waals surface area (Å²) in [6.45, 7) is 16.0. The maximum Gasteiger partial charge on any atom is 0.312 e. The number of hydrogen-bond acceptors (Lipinski definition) is 6. The van der Waals surface area contributed by atoms with E-state index in [4.69, 9.17) is 9.47 Å². The van der Waals surface area contributed by atoms with Crippen LogP contribution in [0.5, 0.6) is 0 Å². The Morgan fingerprint density at radius 2 is 1.91 bits per heavy atom. The number of nitrogens with one attached hydrogen (secondary N) is 1. The van der Waals surface area contributed by atoms with Crippen molar-refractivity contribution in [2.24, 2.45) is 23.2 Å². The van der Waals surface area contributed by atoms with Crippen LogP contribution in [0.4, 0.5) is 0 Å². The quantitative estimate of drug-likeness (QED) is 0.333. The first-order valence-corrected chi connectivity index (χ1v) is 13.7. The molecule has 9 heteroatoms. The fraction of sp³-hybridized carbons (Fsp3) is 0.885. The molecule has 3 heterocycles. The van der Waals surface area contributed by atoms with Gasteiger partial charge in [0.2, 0.25) is 11.8 Å². The van der Waals surface area contributed by atoms with E-state index in [0.717, 1.165) is 6.42 Å². The molecule has 0 radical (unpaired) electrons. The van der Waals surface area contributed by atoms with Crippen molar-refractivity contribution < 1.29 is 29.0 Å². The monoisotopic (exact) mass is 558 g/mol. The molecule has 2 amide bonds. The summed E-state index contributed by atoms with van der Waals surface area (Å²) in [5.41, 5.74) is -1.71. The van der Waals surface area contributed by atoms with Crippen molar-refractivity contribution in [3.8, 4) is 0 Å². The highest BCUT2D eigenvalue weighted by atomic mass is 79.9. The van der Waals surface area contributed by atoms with Gasteiger partial charge in [-0.25, -0.2) is 0 Å². The molecule has 200 valence electrons. The first kappa shape index (κ1) is 28.4. The first-order chi connectivity index (χ1) is 16.1. The molecule has 35 heavy (non-hydrogen) atoms. The molecule has 3 rings (SSSR count). The number of rotatable bonds is 9. The van der Waals surface area contributed by atoms with Gasteiger partial charge in [-0.1, -0.05) is 50.5 Å². The molecule has 3 saturated heterocycles. The molecular weight excluding hydrogens is 516 g/mol. The van der Waals surface area contributed by atoms with E-state index in [-0.39, 0.29) is 41.2 Å². The van der Waals surface area contributed by atoms with E-state index in [2.05, 4.69) is 42.0 Å². The molecule has 0 aromatic heterocycles. The normalized spacial score (nSPS) is 33.3. The Kier molecular flexibility index (Phi) is 8.06. The van der Waals surface area contributed by atoms with E-state index in [1.807, 2.05) is 27.7 Å². The lowest BCUT2D eigenvalue weighted by Gasteiger charge is -2.40. The van der Waals surface area contributed by atoms with E-state index < -0.39 is 47.1 Å². The van der Waals surface area contributed by atoms with Crippen LogP contribution in [-0.4, -0.2) is 75.2 Å². The van der Waals surface area contributed by atoms with Crippen LogP contribution < -0.4 is 5.32 Å². The van der Waals surface area contributed by atoms with E-state index >= 15 is 0 Å². The SMILES string of the molecule is CCOC(=O)[C@H]1[C@@H]2O[C@@]3(CC2Br)[C@@H]1C(=O)N([C@@H](CO)CC(C)C)[C@@H]3C(=O)NC(C)(C)CC(C)(C)C. The van der Waals surface area contributed by atoms with Gasteiger partial charge in [0.25, 0.3) is 0 Å². The Labute approximate surface area is 218 Å². The van der Waals surface area contributed by atoms with Crippen LogP contribution in [0.15, 0.2) is 0 Å². The van der Waals surface area contributed by atoms with Crippen molar-refractivity contribution >= 4 is 33.7 Å². The predicted octanol–water partition coefficient (Wildman–Crippen LogP) is 3.04. The van der Waals surface area contributed by atoms with Crippen LogP contribution in [0.25, 0.3) is 0 Å². The standard InChI is InChI=1S/C26H43BrN2O6/c1-9-34-23(33)17-18-22(32)29(15(12-30)10-14(2)3)20(26(18)11-16(27)19(17)35-26)21(31)28-25(7,8)13-24(4,5)6/h14-20,30H,9-13H2,1-8H3,(H,28,31)/t15-,16?,17-,18+,19-,20-,26+/m1/s1. The number of carbonyl (C=O) groups is 3. The minimum Gasteiger partial charge on any atom is -0.466 e. The highest BCUT2D eigenvalue weighted by molar-refractivity contribution is 9.09. The summed E-state index contributed by atoms with van der Waals surface area (Å²) in [6.07, 6.45) is 1.15. The Morgan fingerprint density at radius 1 is 1.29 bits per heavy atom. The van der Waals surface area contributed by atoms with Crippen LogP contribution in [0.1, 0.15) is 74.7 Å². The van der Waals surface area contributed by atoms with Gasteiger partial charge in [-0.15, -0.1) is 0 Å². The average molecular weight is 560 g/mol. The highest BCUT2D eigenvalue weighted by Gasteiger charge is 2.77. The van der Waals surface area contributed by atoms with Gasteiger partial charge in [0.15, 0.2) is 0 Å². The van der Waals surface area contributed by atoms with Crippen LogP contribution >= 0.6 is 15.9 Å². The fourth-order valence-corrected chi connectivity index (χ4v) is 7.80. The summed E-state index contributed by atoms with van der Waals surface area (Å²) in [5, 5.41) is 13.5. The van der Waals surface area contributed by atoms with Crippen LogP contribution in [0, 0.1) is 23.2 Å². The number of alkyl halides is 1. The molecule has 0 saturated carbocycles. The molecule has 1 unspecified atom stereocenters. The predicted molar refractivity (Wildman–Crippen MR) is 136 cm³/mol. The molecule has 0 aromatic rings. The number of aliphatic hydroxyl groups excluding tert-OH is 1. The van der Waals surface area contributed by atoms with Gasteiger partial charge < -0.3 is 24.8 Å². The molecule has 3 aliphatic heterocycles. The highest BCUT2D eigenvalue weighted by Crippen LogP contribution is 2.60. The van der Waals surface area contributed by atoms with E-state index in [0.29, 0.717) is 12.8 Å². The lowest BCUT2D eigenvalue weighted by Crippen LogP contribution is -2.61. The minimum atomic E-state index is -1.15. The topological polar surface area (TPSA) is 105 Å². The third-order valence-corrected chi connectivity index (χ3v) is 8.16. The Bertz CT molecular complexity index is 840. The first-order valence-electron chi connectivity index (χ1n) is 12.8. The Morgan fingerprint density at radius 3 is 2.43 bits per heavy atom. The zero-order valence-corrected chi connectivity index (χ0v) is 24.0. The summed E-state index contributed by atoms with van der Waals surface area (Å²) in [5.74, 6) is -2.49. The Hall–Kier alpha value is -1.19. The minimum absolute atomic E-state index is 0.0215. The summed E-state index contributed by atoms with van der Waals surface area (Å²) in [7, 11) is 0. The summed E-state index contributed by atoms with van der Waals surface area (Å²) in [6, 6.07) is -1.50. The smallest absolute Gasteiger partial charge is 0.312 e. The molecule has 3 aliphatic rings. The number of amides is 2. The molecule has 7 atom stereocenters. The van der Waals surface area contributed by atoms with Crippen molar-refractivity contribution in [2.75, 3.05) is 13.2 Å². The number of ether oxygens (including phenoxy) is 2. The van der Waals surface area contributed by atoms with Gasteiger partial charge in [-0.05, 0) is 51.4 Å². The van der Waals surface area contributed by atoms with Crippen LogP contribution in [-0.2, 0) is 23.9 Å². The molecule has 2 bridgehead atoms. The molecule has 3 fully saturated rings. The van der Waals surface area contributed by atoms with Gasteiger partial charge in [-0.3, -0.25) is 14.4 Å². The average Bonchev–Trinajstić information content (AvgIpc) is 3.27. The zero-order chi connectivity index (χ0) is 26.5. The maximum atomic E-state index is 14.0. The zero-order valence-electron chi connectivity index (χ0n) is 22.4. The maximum absolute atomic E-state index is 14.0. The van der Waals surface area contributed by atoms with Gasteiger partial charge in [0, 0.05) is 10.4 Å². The third kappa shape index (κ3) is 5.28. The third-order valence-electron chi connectivity index (χ3n) is 7.32. The van der Waals surface area contributed by atoms with Crippen molar-refractivity contribution in [3.63, 3.8) is 0 Å². The number of aliphatic hydroxyl groups is 1. The van der Waals surface area contributed by atoms with Crippen molar-refractivity contribution in [3.05, 3.63) is 0 Å². The number of esters is 1. The number of fused-ring (bicyclic) bond motifs is 1. The molecule has 8 nitrogen and oxygen atoms in total. The summed E-state index contributed by atoms with van der Waals surface area (Å²) < 4.78 is 11.8. The van der Waals surface area contributed by atoms with Crippen molar-refractivity contribution in [2.45, 2.75) is 109 Å². The van der Waals surface area contributed by atoms with Crippen LogP contribution in [0.2, 0.25) is 0 Å². The second-order valence-electron chi connectivity index (χ2n) is 12.7. The molecule has 0 aliphatic carbocycles. The second-order valence-corrected chi connectivity index (χ2v) is 13.9. The van der Waals surface area contributed by atoms with Gasteiger partial charge >= 0.3 is 5.97 Å². The number of likely N-dealkylation sites (tertiary alicyclic amines) is 1. The molecular formula is C26H43BrN2O6. The van der Waals surface area contributed by atoms with Gasteiger partial charge in [0.05, 0.1) is 37.2 Å². The second kappa shape index (κ2) is 9.93. The van der Waals surface area contributed by atoms with E-state index in [1.165, 1.54) is 4.90 Å². The van der Waals surface area contributed by atoms with Gasteiger partial charge in [0.1, 0.15) is 11.6 Å². The van der Waals surface area contributed by atoms with Crippen molar-refractivity contribution in [1.29, 1.82) is 0 Å². The lowest BCUT2D eigenvalue weighted by molar-refractivity contribution is -0.155. The van der Waals surface area contributed by atoms with E-state index in [1.54, 1.807) is 6.92 Å². The Balaban J connectivity index is 2.06. The van der Waals surface area contributed by atoms with Crippen LogP contribution in [0.3, 0.4) is 0 Å². The number of hydrogen-bond donors (Lipinski definition) is 2. The largest absolute Gasteiger partial charge is 0.466 e. The molecule has 0 aromatic carbocycles. The lowest BCUT2D eigenvalue weighted by atomic mass is 9.70. The number of halogens is 1. The fourth-order valence-electron chi connectivity index (χ4n) is 6.86. The van der Waals surface area contributed by atoms with E-state index in [9.17, 15) is 19.5 Å².